The molecule has 1 heterocycles. The summed E-state index contributed by atoms with van der Waals surface area (Å²) < 4.78 is 13.2. The number of hydrogen-bond donors (Lipinski definition) is 1. The Bertz CT molecular complexity index is 735. The average molecular weight is 334 g/mol. The van der Waals surface area contributed by atoms with E-state index in [1.165, 1.54) is 6.07 Å². The molecule has 120 valence electrons. The van der Waals surface area contributed by atoms with Gasteiger partial charge in [-0.05, 0) is 48.2 Å². The quantitative estimate of drug-likeness (QED) is 0.913. The van der Waals surface area contributed by atoms with Gasteiger partial charge >= 0.3 is 5.97 Å². The maximum absolute atomic E-state index is 13.2. The second-order valence-corrected chi connectivity index (χ2v) is 6.27. The predicted molar refractivity (Wildman–Crippen MR) is 87.4 cm³/mol. The number of carboxylic acid groups (broad SMARTS) is 1. The molecule has 1 fully saturated rings. The van der Waals surface area contributed by atoms with Gasteiger partial charge in [0.15, 0.2) is 0 Å². The van der Waals surface area contributed by atoms with E-state index in [0.717, 1.165) is 30.6 Å². The van der Waals surface area contributed by atoms with Crippen LogP contribution >= 0.6 is 11.6 Å². The molecular formula is C18H17ClFNO2. The van der Waals surface area contributed by atoms with Gasteiger partial charge in [0.1, 0.15) is 5.82 Å². The fourth-order valence-corrected chi connectivity index (χ4v) is 3.38. The normalized spacial score (nSPS) is 18.3. The number of halogens is 2. The topological polar surface area (TPSA) is 40.5 Å². The van der Waals surface area contributed by atoms with Crippen molar-refractivity contribution in [3.8, 4) is 0 Å². The zero-order valence-electron chi connectivity index (χ0n) is 12.5. The predicted octanol–water partition coefficient (Wildman–Crippen LogP) is 4.17. The van der Waals surface area contributed by atoms with Gasteiger partial charge in [-0.2, -0.15) is 0 Å². The maximum atomic E-state index is 13.2. The highest BCUT2D eigenvalue weighted by Crippen LogP contribution is 2.30. The monoisotopic (exact) mass is 333 g/mol. The molecule has 1 aliphatic heterocycles. The summed E-state index contributed by atoms with van der Waals surface area (Å²) in [5, 5.41) is 9.45. The lowest BCUT2D eigenvalue weighted by molar-refractivity contribution is 0.0695. The molecule has 1 saturated heterocycles. The zero-order chi connectivity index (χ0) is 16.4. The van der Waals surface area contributed by atoms with Crippen LogP contribution in [0.25, 0.3) is 0 Å². The Morgan fingerprint density at radius 1 is 1.30 bits per heavy atom. The van der Waals surface area contributed by atoms with Crippen LogP contribution in [0, 0.1) is 5.82 Å². The van der Waals surface area contributed by atoms with Crippen LogP contribution in [-0.4, -0.2) is 29.1 Å². The highest BCUT2D eigenvalue weighted by Gasteiger charge is 2.27. The van der Waals surface area contributed by atoms with E-state index >= 15 is 0 Å². The van der Waals surface area contributed by atoms with Crippen molar-refractivity contribution in [3.63, 3.8) is 0 Å². The summed E-state index contributed by atoms with van der Waals surface area (Å²) in [6.45, 7) is 2.36. The van der Waals surface area contributed by atoms with Crippen LogP contribution in [-0.2, 0) is 6.54 Å². The number of hydrogen-bond acceptors (Lipinski definition) is 2. The highest BCUT2D eigenvalue weighted by molar-refractivity contribution is 6.30. The standard InChI is InChI=1S/C18H17ClFNO2/c19-16-9-12(5-6-17(16)20)10-21-8-7-13(11-21)14-3-1-2-4-15(14)18(22)23/h1-6,9,13H,7-8,10-11H2,(H,22,23)/t13-/m1/s1. The number of carbonyl (C=O) groups is 1. The van der Waals surface area contributed by atoms with Crippen LogP contribution < -0.4 is 0 Å². The van der Waals surface area contributed by atoms with Crippen molar-refractivity contribution in [2.24, 2.45) is 0 Å². The summed E-state index contributed by atoms with van der Waals surface area (Å²) in [6, 6.07) is 11.9. The second-order valence-electron chi connectivity index (χ2n) is 5.86. The molecule has 1 aliphatic rings. The lowest BCUT2D eigenvalue weighted by Crippen LogP contribution is -2.20. The van der Waals surface area contributed by atoms with Crippen LogP contribution in [0.15, 0.2) is 42.5 Å². The number of likely N-dealkylation sites (tertiary alicyclic amines) is 1. The summed E-state index contributed by atoms with van der Waals surface area (Å²) in [5.41, 5.74) is 2.23. The minimum Gasteiger partial charge on any atom is -0.478 e. The Hall–Kier alpha value is -1.91. The van der Waals surface area contributed by atoms with Gasteiger partial charge in [0.25, 0.3) is 0 Å². The first-order valence-corrected chi connectivity index (χ1v) is 7.91. The molecule has 5 heteroatoms. The average Bonchev–Trinajstić information content (AvgIpc) is 2.99. The zero-order valence-corrected chi connectivity index (χ0v) is 13.3. The molecule has 0 bridgehead atoms. The second kappa shape index (κ2) is 6.69. The highest BCUT2D eigenvalue weighted by atomic mass is 35.5. The van der Waals surface area contributed by atoms with E-state index in [1.54, 1.807) is 24.3 Å². The molecule has 0 amide bonds. The third-order valence-corrected chi connectivity index (χ3v) is 4.58. The molecule has 0 saturated carbocycles. The minimum atomic E-state index is -0.885. The molecule has 0 radical (unpaired) electrons. The summed E-state index contributed by atoms with van der Waals surface area (Å²) >= 11 is 5.82. The van der Waals surface area contributed by atoms with Gasteiger partial charge in [0, 0.05) is 13.1 Å². The summed E-state index contributed by atoms with van der Waals surface area (Å²) in [5.74, 6) is -1.09. The van der Waals surface area contributed by atoms with E-state index in [0.29, 0.717) is 12.1 Å². The smallest absolute Gasteiger partial charge is 0.335 e. The minimum absolute atomic E-state index is 0.134. The number of nitrogens with zero attached hydrogens (tertiary/aromatic N) is 1. The third-order valence-electron chi connectivity index (χ3n) is 4.29. The van der Waals surface area contributed by atoms with Crippen molar-refractivity contribution in [2.75, 3.05) is 13.1 Å². The van der Waals surface area contributed by atoms with E-state index in [2.05, 4.69) is 4.90 Å². The maximum Gasteiger partial charge on any atom is 0.335 e. The molecule has 2 aromatic rings. The first kappa shape index (κ1) is 16.0. The van der Waals surface area contributed by atoms with Gasteiger partial charge in [-0.1, -0.05) is 35.9 Å². The molecule has 0 aromatic heterocycles. The van der Waals surface area contributed by atoms with Crippen molar-refractivity contribution in [1.82, 2.24) is 4.90 Å². The fourth-order valence-electron chi connectivity index (χ4n) is 3.17. The van der Waals surface area contributed by atoms with Crippen molar-refractivity contribution in [1.29, 1.82) is 0 Å². The van der Waals surface area contributed by atoms with Gasteiger partial charge in [-0.3, -0.25) is 4.90 Å². The van der Waals surface area contributed by atoms with Crippen molar-refractivity contribution >= 4 is 17.6 Å². The SMILES string of the molecule is O=C(O)c1ccccc1[C@@H]1CCN(Cc2ccc(F)c(Cl)c2)C1. The Labute approximate surface area is 139 Å². The molecule has 1 atom stereocenters. The van der Waals surface area contributed by atoms with Crippen molar-refractivity contribution in [2.45, 2.75) is 18.9 Å². The van der Waals surface area contributed by atoms with Gasteiger partial charge < -0.3 is 5.11 Å². The van der Waals surface area contributed by atoms with Gasteiger partial charge in [0.05, 0.1) is 10.6 Å². The van der Waals surface area contributed by atoms with E-state index in [-0.39, 0.29) is 10.9 Å². The molecule has 2 aromatic carbocycles. The molecule has 23 heavy (non-hydrogen) atoms. The van der Waals surface area contributed by atoms with Crippen LogP contribution in [0.3, 0.4) is 0 Å². The number of rotatable bonds is 4. The Morgan fingerprint density at radius 3 is 2.83 bits per heavy atom. The molecule has 1 N–H and O–H groups in total. The summed E-state index contributed by atoms with van der Waals surface area (Å²) in [4.78, 5) is 13.6. The largest absolute Gasteiger partial charge is 0.478 e. The van der Waals surface area contributed by atoms with Crippen LogP contribution in [0.2, 0.25) is 5.02 Å². The van der Waals surface area contributed by atoms with Crippen LogP contribution in [0.4, 0.5) is 4.39 Å². The van der Waals surface area contributed by atoms with Gasteiger partial charge in [-0.15, -0.1) is 0 Å². The van der Waals surface area contributed by atoms with E-state index in [1.807, 2.05) is 12.1 Å². The summed E-state index contributed by atoms with van der Waals surface area (Å²) in [7, 11) is 0. The summed E-state index contributed by atoms with van der Waals surface area (Å²) in [6.07, 6.45) is 0.916. The van der Waals surface area contributed by atoms with Gasteiger partial charge in [0.2, 0.25) is 0 Å². The van der Waals surface area contributed by atoms with Crippen LogP contribution in [0.1, 0.15) is 33.8 Å². The fraction of sp³-hybridized carbons (Fsp3) is 0.278. The Morgan fingerprint density at radius 2 is 2.09 bits per heavy atom. The first-order valence-electron chi connectivity index (χ1n) is 7.53. The molecular weight excluding hydrogens is 317 g/mol. The van der Waals surface area contributed by atoms with Crippen molar-refractivity contribution in [3.05, 3.63) is 70.0 Å². The lowest BCUT2D eigenvalue weighted by Gasteiger charge is -2.17. The third kappa shape index (κ3) is 3.54. The lowest BCUT2D eigenvalue weighted by atomic mass is 9.93. The number of carboxylic acids is 1. The molecule has 3 rings (SSSR count). The van der Waals surface area contributed by atoms with Gasteiger partial charge in [-0.25, -0.2) is 9.18 Å². The van der Waals surface area contributed by atoms with E-state index < -0.39 is 11.8 Å². The molecule has 0 spiro atoms. The number of aromatic carboxylic acids is 1. The Balaban J connectivity index is 1.71. The number of benzene rings is 2. The van der Waals surface area contributed by atoms with Crippen LogP contribution in [0.5, 0.6) is 0 Å². The molecule has 3 nitrogen and oxygen atoms in total. The molecule has 0 aliphatic carbocycles. The molecule has 0 unspecified atom stereocenters. The van der Waals surface area contributed by atoms with Crippen molar-refractivity contribution < 1.29 is 14.3 Å². The first-order chi connectivity index (χ1) is 11.0. The van der Waals surface area contributed by atoms with E-state index in [9.17, 15) is 14.3 Å². The Kier molecular flexibility index (Phi) is 4.64. The van der Waals surface area contributed by atoms with E-state index in [4.69, 9.17) is 11.6 Å².